The number of rotatable bonds is 7. The number of nitro benzene ring substituents is 1. The average Bonchev–Trinajstić information content (AvgIpc) is 3.40. The van der Waals surface area contributed by atoms with Gasteiger partial charge >= 0.3 is 0 Å². The molecule has 0 radical (unpaired) electrons. The van der Waals surface area contributed by atoms with Gasteiger partial charge in [0.1, 0.15) is 11.6 Å². The molecule has 2 aliphatic heterocycles. The van der Waals surface area contributed by atoms with Gasteiger partial charge in [-0.25, -0.2) is 0 Å². The molecule has 1 unspecified atom stereocenters. The highest BCUT2D eigenvalue weighted by atomic mass is 16.6. The van der Waals surface area contributed by atoms with Crippen molar-refractivity contribution in [2.75, 3.05) is 38.2 Å². The van der Waals surface area contributed by atoms with Crippen molar-refractivity contribution in [3.8, 4) is 0 Å². The molecule has 1 atom stereocenters. The number of imide groups is 1. The lowest BCUT2D eigenvalue weighted by atomic mass is 10.1. The number of benzene rings is 2. The van der Waals surface area contributed by atoms with E-state index in [2.05, 4.69) is 14.8 Å². The van der Waals surface area contributed by atoms with Crippen LogP contribution >= 0.6 is 0 Å². The number of amides is 3. The molecule has 0 spiro atoms. The number of fused-ring (bicyclic) bond motifs is 2. The molecular formula is C25H25N5O6. The van der Waals surface area contributed by atoms with Gasteiger partial charge in [-0.15, -0.1) is 0 Å². The smallest absolute Gasteiger partial charge is 0.282 e. The van der Waals surface area contributed by atoms with Gasteiger partial charge in [0.15, 0.2) is 0 Å². The molecule has 36 heavy (non-hydrogen) atoms. The number of morpholine rings is 1. The van der Waals surface area contributed by atoms with Gasteiger partial charge in [0.25, 0.3) is 17.5 Å². The zero-order chi connectivity index (χ0) is 25.4. The first-order chi connectivity index (χ1) is 17.3. The van der Waals surface area contributed by atoms with E-state index in [0.29, 0.717) is 5.69 Å². The summed E-state index contributed by atoms with van der Waals surface area (Å²) in [5, 5.41) is 15.0. The quantitative estimate of drug-likeness (QED) is 0.306. The largest absolute Gasteiger partial charge is 0.379 e. The van der Waals surface area contributed by atoms with Crippen molar-refractivity contribution in [2.24, 2.45) is 0 Å². The van der Waals surface area contributed by atoms with Gasteiger partial charge in [-0.05, 0) is 37.3 Å². The lowest BCUT2D eigenvalue weighted by Gasteiger charge is -2.26. The molecule has 2 aromatic carbocycles. The Morgan fingerprint density at radius 3 is 2.64 bits per heavy atom. The lowest BCUT2D eigenvalue weighted by molar-refractivity contribution is -0.385. The summed E-state index contributed by atoms with van der Waals surface area (Å²) >= 11 is 0. The van der Waals surface area contributed by atoms with Crippen LogP contribution in [-0.2, 0) is 16.1 Å². The number of nitro groups is 1. The van der Waals surface area contributed by atoms with E-state index in [4.69, 9.17) is 4.74 Å². The summed E-state index contributed by atoms with van der Waals surface area (Å²) in [5.74, 6) is -2.15. The van der Waals surface area contributed by atoms with Crippen LogP contribution in [-0.4, -0.2) is 75.9 Å². The normalized spacial score (nSPS) is 16.9. The Hall–Kier alpha value is -4.09. The van der Waals surface area contributed by atoms with Crippen LogP contribution < -0.4 is 5.32 Å². The highest BCUT2D eigenvalue weighted by molar-refractivity contribution is 6.24. The fourth-order valence-electron chi connectivity index (χ4n) is 4.70. The van der Waals surface area contributed by atoms with E-state index in [-0.39, 0.29) is 11.1 Å². The third-order valence-electron chi connectivity index (χ3n) is 6.69. The molecule has 3 heterocycles. The van der Waals surface area contributed by atoms with E-state index >= 15 is 0 Å². The lowest BCUT2D eigenvalue weighted by Crippen LogP contribution is -2.45. The predicted octanol–water partition coefficient (Wildman–Crippen LogP) is 2.50. The number of hydrogen-bond acceptors (Lipinski definition) is 7. The Balaban J connectivity index is 1.28. The number of aromatic nitrogens is 1. The molecule has 1 fully saturated rings. The third-order valence-corrected chi connectivity index (χ3v) is 6.69. The van der Waals surface area contributed by atoms with Gasteiger partial charge in [-0.3, -0.25) is 34.3 Å². The van der Waals surface area contributed by atoms with Crippen molar-refractivity contribution in [3.63, 3.8) is 0 Å². The second kappa shape index (κ2) is 9.51. The maximum atomic E-state index is 13.0. The van der Waals surface area contributed by atoms with Gasteiger partial charge in [0.05, 0.1) is 23.7 Å². The predicted molar refractivity (Wildman–Crippen MR) is 131 cm³/mol. The molecule has 11 heteroatoms. The van der Waals surface area contributed by atoms with Crippen LogP contribution in [0, 0.1) is 10.1 Å². The van der Waals surface area contributed by atoms with Gasteiger partial charge in [0.2, 0.25) is 5.91 Å². The topological polar surface area (TPSA) is 127 Å². The highest BCUT2D eigenvalue weighted by Crippen LogP contribution is 2.32. The molecule has 1 N–H and O–H groups in total. The van der Waals surface area contributed by atoms with E-state index in [0.717, 1.165) is 55.2 Å². The van der Waals surface area contributed by atoms with Crippen molar-refractivity contribution in [1.82, 2.24) is 14.4 Å². The van der Waals surface area contributed by atoms with E-state index in [1.807, 2.05) is 24.4 Å². The van der Waals surface area contributed by atoms with Crippen LogP contribution in [0.1, 0.15) is 27.6 Å². The molecule has 0 bridgehead atoms. The van der Waals surface area contributed by atoms with Crippen LogP contribution in [0.2, 0.25) is 0 Å². The van der Waals surface area contributed by atoms with Crippen LogP contribution in [0.3, 0.4) is 0 Å². The Morgan fingerprint density at radius 1 is 1.11 bits per heavy atom. The minimum Gasteiger partial charge on any atom is -0.379 e. The molecular weight excluding hydrogens is 466 g/mol. The van der Waals surface area contributed by atoms with Crippen molar-refractivity contribution < 1.29 is 24.0 Å². The van der Waals surface area contributed by atoms with Gasteiger partial charge in [-0.1, -0.05) is 6.07 Å². The maximum Gasteiger partial charge on any atom is 0.282 e. The van der Waals surface area contributed by atoms with Crippen molar-refractivity contribution in [3.05, 3.63) is 69.9 Å². The standard InChI is InChI=1S/C25H25N5O6/c1-16(29-24(32)19-3-2-4-21(30(34)35)22(19)25(29)33)23(31)26-18-5-6-20-17(15-18)7-8-28(20)10-9-27-11-13-36-14-12-27/h2-8,15-16H,9-14H2,1H3,(H,26,31). The van der Waals surface area contributed by atoms with Crippen LogP contribution in [0.15, 0.2) is 48.7 Å². The molecule has 3 aromatic rings. The Bertz CT molecular complexity index is 1380. The van der Waals surface area contributed by atoms with Crippen molar-refractivity contribution in [1.29, 1.82) is 0 Å². The Labute approximate surface area is 206 Å². The third kappa shape index (κ3) is 4.23. The molecule has 0 aliphatic carbocycles. The zero-order valence-electron chi connectivity index (χ0n) is 19.7. The fourth-order valence-corrected chi connectivity index (χ4v) is 4.70. The Kier molecular flexibility index (Phi) is 6.25. The number of ether oxygens (including phenoxy) is 1. The van der Waals surface area contributed by atoms with Crippen LogP contribution in [0.25, 0.3) is 10.9 Å². The molecule has 11 nitrogen and oxygen atoms in total. The van der Waals surface area contributed by atoms with Crippen molar-refractivity contribution in [2.45, 2.75) is 19.5 Å². The number of anilines is 1. The molecule has 5 rings (SSSR count). The summed E-state index contributed by atoms with van der Waals surface area (Å²) in [6, 6.07) is 10.2. The van der Waals surface area contributed by atoms with Gasteiger partial charge in [-0.2, -0.15) is 0 Å². The first-order valence-corrected chi connectivity index (χ1v) is 11.7. The first-order valence-electron chi connectivity index (χ1n) is 11.7. The van der Waals surface area contributed by atoms with E-state index in [1.54, 1.807) is 6.07 Å². The summed E-state index contributed by atoms with van der Waals surface area (Å²) in [7, 11) is 0. The van der Waals surface area contributed by atoms with Gasteiger partial charge < -0.3 is 14.6 Å². The number of carbonyl (C=O) groups is 3. The summed E-state index contributed by atoms with van der Waals surface area (Å²) in [4.78, 5) is 52.4. The number of nitrogens with zero attached hydrogens (tertiary/aromatic N) is 4. The number of carbonyl (C=O) groups excluding carboxylic acids is 3. The van der Waals surface area contributed by atoms with E-state index in [9.17, 15) is 24.5 Å². The number of hydrogen-bond donors (Lipinski definition) is 1. The summed E-state index contributed by atoms with van der Waals surface area (Å²) < 4.78 is 7.55. The maximum absolute atomic E-state index is 13.0. The summed E-state index contributed by atoms with van der Waals surface area (Å²) in [6.07, 6.45) is 2.00. The average molecular weight is 492 g/mol. The zero-order valence-corrected chi connectivity index (χ0v) is 19.7. The van der Waals surface area contributed by atoms with Crippen molar-refractivity contribution >= 4 is 40.0 Å². The second-order valence-corrected chi connectivity index (χ2v) is 8.84. The van der Waals surface area contributed by atoms with E-state index in [1.165, 1.54) is 25.1 Å². The molecule has 1 saturated heterocycles. The van der Waals surface area contributed by atoms with Crippen LogP contribution in [0.4, 0.5) is 11.4 Å². The molecule has 1 aromatic heterocycles. The molecule has 2 aliphatic rings. The number of nitrogens with one attached hydrogen (secondary N) is 1. The van der Waals surface area contributed by atoms with Crippen LogP contribution in [0.5, 0.6) is 0 Å². The monoisotopic (exact) mass is 491 g/mol. The minimum absolute atomic E-state index is 0.0753. The fraction of sp³-hybridized carbons (Fsp3) is 0.320. The van der Waals surface area contributed by atoms with Gasteiger partial charge in [0, 0.05) is 55.0 Å². The minimum atomic E-state index is -1.16. The summed E-state index contributed by atoms with van der Waals surface area (Å²) in [6.45, 7) is 6.53. The SMILES string of the molecule is CC(C(=O)Nc1ccc2c(ccn2CCN2CCOCC2)c1)N1C(=O)c2cccc([N+](=O)[O-])c2C1=O. The van der Waals surface area contributed by atoms with E-state index < -0.39 is 34.4 Å². The first kappa shape index (κ1) is 23.6. The summed E-state index contributed by atoms with van der Waals surface area (Å²) in [5.41, 5.74) is 0.736. The molecule has 0 saturated carbocycles. The molecule has 186 valence electrons. The highest BCUT2D eigenvalue weighted by Gasteiger charge is 2.44. The Morgan fingerprint density at radius 2 is 1.89 bits per heavy atom. The molecule has 3 amide bonds. The second-order valence-electron chi connectivity index (χ2n) is 8.84.